The summed E-state index contributed by atoms with van der Waals surface area (Å²) in [7, 11) is 0. The van der Waals surface area contributed by atoms with Crippen LogP contribution in [0.25, 0.3) is 0 Å². The molecule has 36 heavy (non-hydrogen) atoms. The number of hydrogen-bond donors (Lipinski definition) is 8. The number of nitrogens with two attached hydrogens (primary N) is 3. The zero-order chi connectivity index (χ0) is 27.4. The zero-order valence-corrected chi connectivity index (χ0v) is 19.7. The van der Waals surface area contributed by atoms with Gasteiger partial charge in [0.05, 0.1) is 6.04 Å². The van der Waals surface area contributed by atoms with Crippen molar-refractivity contribution in [3.05, 3.63) is 29.8 Å². The Morgan fingerprint density at radius 1 is 0.806 bits per heavy atom. The van der Waals surface area contributed by atoms with Crippen molar-refractivity contribution in [2.75, 3.05) is 0 Å². The van der Waals surface area contributed by atoms with E-state index in [1.165, 1.54) is 31.2 Å². The van der Waals surface area contributed by atoms with Gasteiger partial charge < -0.3 is 43.4 Å². The van der Waals surface area contributed by atoms with Crippen molar-refractivity contribution in [3.8, 4) is 5.75 Å². The van der Waals surface area contributed by atoms with Crippen molar-refractivity contribution in [2.45, 2.75) is 63.2 Å². The van der Waals surface area contributed by atoms with Gasteiger partial charge in [-0.2, -0.15) is 0 Å². The SMILES string of the molecule is CC(NC(=O)C(Cc1ccc(O)cc1)NC(=O)C(CCC(N)=O)NC(=O)C(N)CCC(N)=O)C(=O)O. The van der Waals surface area contributed by atoms with Crippen LogP contribution in [0.1, 0.15) is 38.2 Å². The molecule has 14 nitrogen and oxygen atoms in total. The van der Waals surface area contributed by atoms with Crippen molar-refractivity contribution in [1.29, 1.82) is 0 Å². The number of carbonyl (C=O) groups is 6. The van der Waals surface area contributed by atoms with Gasteiger partial charge in [-0.3, -0.25) is 28.8 Å². The van der Waals surface area contributed by atoms with E-state index < -0.39 is 59.7 Å². The molecule has 4 atom stereocenters. The van der Waals surface area contributed by atoms with Crippen LogP contribution in [-0.4, -0.2) is 69.9 Å². The minimum atomic E-state index is -1.32. The summed E-state index contributed by atoms with van der Waals surface area (Å²) >= 11 is 0. The third-order valence-electron chi connectivity index (χ3n) is 5.09. The fourth-order valence-electron chi connectivity index (χ4n) is 2.99. The van der Waals surface area contributed by atoms with Crippen molar-refractivity contribution in [3.63, 3.8) is 0 Å². The first-order valence-electron chi connectivity index (χ1n) is 11.0. The number of phenols is 1. The molecular formula is C22H32N6O8. The Morgan fingerprint density at radius 2 is 1.31 bits per heavy atom. The van der Waals surface area contributed by atoms with Crippen LogP contribution < -0.4 is 33.2 Å². The Morgan fingerprint density at radius 3 is 1.83 bits per heavy atom. The number of aliphatic carboxylic acids is 1. The second kappa shape index (κ2) is 14.3. The summed E-state index contributed by atoms with van der Waals surface area (Å²) in [6.45, 7) is 1.24. The average molecular weight is 509 g/mol. The standard InChI is InChI=1S/C22H32N6O8/c1-11(22(35)36)26-21(34)16(10-12-2-4-13(29)5-3-12)28-20(33)15(7-9-18(25)31)27-19(32)14(23)6-8-17(24)30/h2-5,11,14-16,29H,6-10,23H2,1H3,(H2,24,30)(H2,25,31)(H,26,34)(H,27,32)(H,28,33)(H,35,36). The van der Waals surface area contributed by atoms with Crippen LogP contribution in [0.3, 0.4) is 0 Å². The normalized spacial score (nSPS) is 13.9. The van der Waals surface area contributed by atoms with E-state index in [4.69, 9.17) is 22.3 Å². The van der Waals surface area contributed by atoms with Gasteiger partial charge in [0, 0.05) is 19.3 Å². The second-order valence-electron chi connectivity index (χ2n) is 8.18. The largest absolute Gasteiger partial charge is 0.508 e. The number of nitrogens with one attached hydrogen (secondary N) is 3. The molecule has 0 aliphatic heterocycles. The molecule has 4 unspecified atom stereocenters. The Kier molecular flexibility index (Phi) is 11.8. The molecular weight excluding hydrogens is 476 g/mol. The predicted molar refractivity (Wildman–Crippen MR) is 126 cm³/mol. The first-order chi connectivity index (χ1) is 16.8. The molecule has 0 saturated carbocycles. The molecule has 198 valence electrons. The van der Waals surface area contributed by atoms with Gasteiger partial charge in [-0.25, -0.2) is 0 Å². The topological polar surface area (TPSA) is 257 Å². The van der Waals surface area contributed by atoms with Crippen LogP contribution in [0.2, 0.25) is 0 Å². The summed E-state index contributed by atoms with van der Waals surface area (Å²) in [5, 5.41) is 25.7. The van der Waals surface area contributed by atoms with E-state index in [2.05, 4.69) is 16.0 Å². The van der Waals surface area contributed by atoms with E-state index >= 15 is 0 Å². The van der Waals surface area contributed by atoms with Crippen molar-refractivity contribution < 1.29 is 39.0 Å². The predicted octanol–water partition coefficient (Wildman–Crippen LogP) is -2.65. The molecule has 14 heteroatoms. The third-order valence-corrected chi connectivity index (χ3v) is 5.09. The molecule has 5 amide bonds. The van der Waals surface area contributed by atoms with Crippen LogP contribution in [0, 0.1) is 0 Å². The summed E-state index contributed by atoms with van der Waals surface area (Å²) in [6.07, 6.45) is -0.819. The number of hydrogen-bond acceptors (Lipinski definition) is 8. The van der Waals surface area contributed by atoms with Gasteiger partial charge in [-0.05, 0) is 37.5 Å². The molecule has 0 heterocycles. The molecule has 0 saturated heterocycles. The van der Waals surface area contributed by atoms with Crippen molar-refractivity contribution in [2.24, 2.45) is 17.2 Å². The molecule has 0 aliphatic carbocycles. The van der Waals surface area contributed by atoms with Gasteiger partial charge >= 0.3 is 5.97 Å². The summed E-state index contributed by atoms with van der Waals surface area (Å²) < 4.78 is 0. The lowest BCUT2D eigenvalue weighted by atomic mass is 10.0. The van der Waals surface area contributed by atoms with Gasteiger partial charge in [0.25, 0.3) is 0 Å². The van der Waals surface area contributed by atoms with Crippen LogP contribution >= 0.6 is 0 Å². The molecule has 0 bridgehead atoms. The third kappa shape index (κ3) is 10.8. The van der Waals surface area contributed by atoms with Gasteiger partial charge in [0.2, 0.25) is 29.5 Å². The van der Waals surface area contributed by atoms with Gasteiger partial charge in [0.15, 0.2) is 0 Å². The van der Waals surface area contributed by atoms with Crippen molar-refractivity contribution in [1.82, 2.24) is 16.0 Å². The number of carboxylic acid groups (broad SMARTS) is 1. The quantitative estimate of drug-likeness (QED) is 0.123. The summed E-state index contributed by atoms with van der Waals surface area (Å²) in [5.41, 5.74) is 16.5. The minimum Gasteiger partial charge on any atom is -0.508 e. The van der Waals surface area contributed by atoms with E-state index in [0.717, 1.165) is 0 Å². The summed E-state index contributed by atoms with van der Waals surface area (Å²) in [4.78, 5) is 71.6. The van der Waals surface area contributed by atoms with Crippen LogP contribution in [0.15, 0.2) is 24.3 Å². The van der Waals surface area contributed by atoms with E-state index in [-0.39, 0.29) is 37.9 Å². The number of aromatic hydroxyl groups is 1. The number of phenolic OH excluding ortho intramolecular Hbond substituents is 1. The molecule has 1 aromatic carbocycles. The monoisotopic (exact) mass is 508 g/mol. The molecule has 1 rings (SSSR count). The number of rotatable bonds is 15. The number of benzene rings is 1. The van der Waals surface area contributed by atoms with Crippen LogP contribution in [0.4, 0.5) is 0 Å². The van der Waals surface area contributed by atoms with Crippen LogP contribution in [0.5, 0.6) is 5.75 Å². The second-order valence-corrected chi connectivity index (χ2v) is 8.18. The van der Waals surface area contributed by atoms with Gasteiger partial charge in [-0.1, -0.05) is 12.1 Å². The number of amides is 5. The smallest absolute Gasteiger partial charge is 0.325 e. The Balaban J connectivity index is 3.08. The van der Waals surface area contributed by atoms with E-state index in [9.17, 15) is 33.9 Å². The maximum atomic E-state index is 13.0. The number of carbonyl (C=O) groups excluding carboxylic acids is 5. The highest BCUT2D eigenvalue weighted by molar-refractivity contribution is 5.94. The summed E-state index contributed by atoms with van der Waals surface area (Å²) in [5.74, 6) is -5.19. The highest BCUT2D eigenvalue weighted by Gasteiger charge is 2.30. The average Bonchev–Trinajstić information content (AvgIpc) is 2.80. The van der Waals surface area contributed by atoms with E-state index in [1.807, 2.05) is 0 Å². The lowest BCUT2D eigenvalue weighted by Gasteiger charge is -2.24. The summed E-state index contributed by atoms with van der Waals surface area (Å²) in [6, 6.07) is 0.722. The maximum Gasteiger partial charge on any atom is 0.325 e. The minimum absolute atomic E-state index is 0.0230. The Hall–Kier alpha value is -4.20. The first kappa shape index (κ1) is 29.8. The Labute approximate surface area is 206 Å². The molecule has 0 fully saturated rings. The molecule has 0 aromatic heterocycles. The molecule has 0 radical (unpaired) electrons. The number of primary amides is 2. The van der Waals surface area contributed by atoms with Gasteiger partial charge in [-0.15, -0.1) is 0 Å². The van der Waals surface area contributed by atoms with E-state index in [1.54, 1.807) is 0 Å². The first-order valence-corrected chi connectivity index (χ1v) is 11.0. The molecule has 1 aromatic rings. The van der Waals surface area contributed by atoms with Gasteiger partial charge in [0.1, 0.15) is 23.9 Å². The fourth-order valence-corrected chi connectivity index (χ4v) is 2.99. The molecule has 0 aliphatic rings. The fraction of sp³-hybridized carbons (Fsp3) is 0.455. The number of carboxylic acids is 1. The Bertz CT molecular complexity index is 968. The van der Waals surface area contributed by atoms with E-state index in [0.29, 0.717) is 5.56 Å². The maximum absolute atomic E-state index is 13.0. The molecule has 11 N–H and O–H groups in total. The lowest BCUT2D eigenvalue weighted by Crippen LogP contribution is -2.57. The van der Waals surface area contributed by atoms with Crippen LogP contribution in [-0.2, 0) is 35.2 Å². The van der Waals surface area contributed by atoms with Crippen molar-refractivity contribution >= 4 is 35.5 Å². The zero-order valence-electron chi connectivity index (χ0n) is 19.7. The highest BCUT2D eigenvalue weighted by atomic mass is 16.4. The molecule has 0 spiro atoms. The lowest BCUT2D eigenvalue weighted by molar-refractivity contribution is -0.141. The highest BCUT2D eigenvalue weighted by Crippen LogP contribution is 2.12.